The Kier molecular flexibility index (Phi) is 3.84. The van der Waals surface area contributed by atoms with Gasteiger partial charge < -0.3 is 9.84 Å². The fourth-order valence-corrected chi connectivity index (χ4v) is 2.36. The van der Waals surface area contributed by atoms with Crippen LogP contribution in [-0.4, -0.2) is 31.7 Å². The summed E-state index contributed by atoms with van der Waals surface area (Å²) < 4.78 is 6.92. The second kappa shape index (κ2) is 5.93. The first kappa shape index (κ1) is 12.9. The van der Waals surface area contributed by atoms with Crippen LogP contribution in [0.15, 0.2) is 28.2 Å². The monoisotopic (exact) mass is 290 g/mol. The van der Waals surface area contributed by atoms with Gasteiger partial charge in [-0.15, -0.1) is 16.4 Å². The van der Waals surface area contributed by atoms with Gasteiger partial charge in [-0.2, -0.15) is 4.98 Å². The van der Waals surface area contributed by atoms with Gasteiger partial charge in [0.25, 0.3) is 0 Å². The summed E-state index contributed by atoms with van der Waals surface area (Å²) >= 11 is 1.58. The maximum absolute atomic E-state index is 5.22. The van der Waals surface area contributed by atoms with Gasteiger partial charge in [-0.1, -0.05) is 23.4 Å². The van der Waals surface area contributed by atoms with Crippen LogP contribution in [0, 0.1) is 0 Å². The van der Waals surface area contributed by atoms with E-state index < -0.39 is 0 Å². The van der Waals surface area contributed by atoms with E-state index in [9.17, 15) is 0 Å². The summed E-state index contributed by atoms with van der Waals surface area (Å²) in [7, 11) is 0. The summed E-state index contributed by atoms with van der Waals surface area (Å²) in [5.74, 6) is 1.14. The molecule has 0 bridgehead atoms. The Balaban J connectivity index is 1.67. The van der Waals surface area contributed by atoms with E-state index in [1.807, 2.05) is 23.7 Å². The molecule has 0 aliphatic heterocycles. The number of nitrogens with one attached hydrogen (secondary N) is 1. The van der Waals surface area contributed by atoms with Crippen molar-refractivity contribution in [2.24, 2.45) is 0 Å². The highest BCUT2D eigenvalue weighted by molar-refractivity contribution is 7.13. The van der Waals surface area contributed by atoms with Gasteiger partial charge in [0.15, 0.2) is 0 Å². The lowest BCUT2D eigenvalue weighted by Gasteiger charge is -1.94. The van der Waals surface area contributed by atoms with Crippen molar-refractivity contribution in [3.63, 3.8) is 0 Å². The van der Waals surface area contributed by atoms with Crippen molar-refractivity contribution in [1.29, 1.82) is 0 Å². The molecule has 3 aromatic rings. The molecular formula is C12H14N6OS. The van der Waals surface area contributed by atoms with E-state index in [4.69, 9.17) is 4.52 Å². The highest BCUT2D eigenvalue weighted by Crippen LogP contribution is 2.21. The zero-order chi connectivity index (χ0) is 13.8. The SMILES string of the molecule is CCNCc1cn(Cc2nc(-c3cccs3)no2)nn1. The summed E-state index contributed by atoms with van der Waals surface area (Å²) in [6.07, 6.45) is 1.87. The standard InChI is InChI=1S/C12H14N6OS/c1-2-13-6-9-7-18(17-15-9)8-11-14-12(16-19-11)10-4-3-5-20-10/h3-5,7,13H,2,6,8H2,1H3. The Labute approximate surface area is 119 Å². The van der Waals surface area contributed by atoms with Gasteiger partial charge in [0.2, 0.25) is 11.7 Å². The van der Waals surface area contributed by atoms with E-state index in [-0.39, 0.29) is 0 Å². The first-order chi connectivity index (χ1) is 9.85. The molecule has 3 heterocycles. The Morgan fingerprint density at radius 2 is 2.40 bits per heavy atom. The predicted molar refractivity (Wildman–Crippen MR) is 74.1 cm³/mol. The molecule has 0 aliphatic carbocycles. The first-order valence-electron chi connectivity index (χ1n) is 6.31. The summed E-state index contributed by atoms with van der Waals surface area (Å²) in [6, 6.07) is 3.92. The first-order valence-corrected chi connectivity index (χ1v) is 7.19. The molecule has 104 valence electrons. The van der Waals surface area contributed by atoms with Crippen LogP contribution in [0.5, 0.6) is 0 Å². The molecule has 0 unspecified atom stereocenters. The molecule has 7 nitrogen and oxygen atoms in total. The summed E-state index contributed by atoms with van der Waals surface area (Å²) in [5.41, 5.74) is 0.893. The lowest BCUT2D eigenvalue weighted by atomic mass is 10.4. The van der Waals surface area contributed by atoms with Gasteiger partial charge in [-0.25, -0.2) is 4.68 Å². The van der Waals surface area contributed by atoms with Crippen molar-refractivity contribution < 1.29 is 4.52 Å². The van der Waals surface area contributed by atoms with Crippen molar-refractivity contribution in [3.05, 3.63) is 35.3 Å². The lowest BCUT2D eigenvalue weighted by Crippen LogP contribution is -2.11. The second-order valence-corrected chi connectivity index (χ2v) is 5.12. The number of hydrogen-bond donors (Lipinski definition) is 1. The average molecular weight is 290 g/mol. The van der Waals surface area contributed by atoms with E-state index in [1.54, 1.807) is 16.0 Å². The molecule has 20 heavy (non-hydrogen) atoms. The molecule has 0 radical (unpaired) electrons. The van der Waals surface area contributed by atoms with Crippen LogP contribution in [0.2, 0.25) is 0 Å². The summed E-state index contributed by atoms with van der Waals surface area (Å²) in [5, 5.41) is 17.2. The minimum absolute atomic E-state index is 0.428. The molecular weight excluding hydrogens is 276 g/mol. The Hall–Kier alpha value is -2.06. The van der Waals surface area contributed by atoms with E-state index in [2.05, 4.69) is 32.7 Å². The zero-order valence-electron chi connectivity index (χ0n) is 11.0. The third-order valence-electron chi connectivity index (χ3n) is 2.65. The van der Waals surface area contributed by atoms with Gasteiger partial charge in [-0.05, 0) is 18.0 Å². The quantitative estimate of drug-likeness (QED) is 0.741. The molecule has 0 saturated carbocycles. The van der Waals surface area contributed by atoms with Crippen LogP contribution in [-0.2, 0) is 13.1 Å². The van der Waals surface area contributed by atoms with Crippen molar-refractivity contribution in [2.75, 3.05) is 6.54 Å². The highest BCUT2D eigenvalue weighted by Gasteiger charge is 2.10. The largest absolute Gasteiger partial charge is 0.337 e. The molecule has 0 atom stereocenters. The van der Waals surface area contributed by atoms with Gasteiger partial charge >= 0.3 is 0 Å². The maximum Gasteiger partial charge on any atom is 0.248 e. The molecule has 0 amide bonds. The minimum Gasteiger partial charge on any atom is -0.337 e. The van der Waals surface area contributed by atoms with Crippen molar-refractivity contribution in [1.82, 2.24) is 30.5 Å². The van der Waals surface area contributed by atoms with Crippen LogP contribution in [0.25, 0.3) is 10.7 Å². The number of aromatic nitrogens is 5. The Morgan fingerprint density at radius 1 is 1.45 bits per heavy atom. The van der Waals surface area contributed by atoms with Gasteiger partial charge in [0, 0.05) is 6.54 Å². The molecule has 0 saturated heterocycles. The number of rotatable bonds is 6. The fraction of sp³-hybridized carbons (Fsp3) is 0.333. The molecule has 8 heteroatoms. The molecule has 0 aromatic carbocycles. The van der Waals surface area contributed by atoms with Crippen molar-refractivity contribution in [2.45, 2.75) is 20.0 Å². The molecule has 1 N–H and O–H groups in total. The normalized spacial score (nSPS) is 11.1. The van der Waals surface area contributed by atoms with Crippen LogP contribution in [0.3, 0.4) is 0 Å². The number of hydrogen-bond acceptors (Lipinski definition) is 7. The van der Waals surface area contributed by atoms with E-state index >= 15 is 0 Å². The summed E-state index contributed by atoms with van der Waals surface area (Å²) in [6.45, 7) is 4.09. The Morgan fingerprint density at radius 3 is 3.20 bits per heavy atom. The average Bonchev–Trinajstić information content (AvgIpc) is 3.18. The third kappa shape index (κ3) is 2.91. The van der Waals surface area contributed by atoms with E-state index in [1.165, 1.54) is 0 Å². The maximum atomic E-state index is 5.22. The highest BCUT2D eigenvalue weighted by atomic mass is 32.1. The van der Waals surface area contributed by atoms with Crippen LogP contribution in [0.4, 0.5) is 0 Å². The van der Waals surface area contributed by atoms with Crippen molar-refractivity contribution in [3.8, 4) is 10.7 Å². The molecule has 0 spiro atoms. The van der Waals surface area contributed by atoms with Gasteiger partial charge in [0.1, 0.15) is 6.54 Å². The predicted octanol–water partition coefficient (Wildman–Crippen LogP) is 1.55. The number of nitrogens with zero attached hydrogens (tertiary/aromatic N) is 5. The lowest BCUT2D eigenvalue weighted by molar-refractivity contribution is 0.364. The topological polar surface area (TPSA) is 81.7 Å². The van der Waals surface area contributed by atoms with E-state index in [0.717, 1.165) is 17.1 Å². The molecule has 0 fully saturated rings. The van der Waals surface area contributed by atoms with Gasteiger partial charge in [-0.3, -0.25) is 0 Å². The molecule has 3 rings (SSSR count). The van der Waals surface area contributed by atoms with Crippen molar-refractivity contribution >= 4 is 11.3 Å². The summed E-state index contributed by atoms with van der Waals surface area (Å²) in [4.78, 5) is 5.34. The minimum atomic E-state index is 0.428. The van der Waals surface area contributed by atoms with Crippen LogP contribution >= 0.6 is 11.3 Å². The number of thiophene rings is 1. The Bertz CT molecular complexity index is 659. The van der Waals surface area contributed by atoms with Gasteiger partial charge in [0.05, 0.1) is 16.8 Å². The fourth-order valence-electron chi connectivity index (χ4n) is 1.71. The van der Waals surface area contributed by atoms with Crippen LogP contribution < -0.4 is 5.32 Å². The van der Waals surface area contributed by atoms with E-state index in [0.29, 0.717) is 24.8 Å². The zero-order valence-corrected chi connectivity index (χ0v) is 11.8. The molecule has 0 aliphatic rings. The smallest absolute Gasteiger partial charge is 0.248 e. The van der Waals surface area contributed by atoms with Crippen LogP contribution in [0.1, 0.15) is 18.5 Å². The third-order valence-corrected chi connectivity index (χ3v) is 3.51. The second-order valence-electron chi connectivity index (χ2n) is 4.18. The molecule has 3 aromatic heterocycles.